The molecule has 3 heteroatoms. The van der Waals surface area contributed by atoms with Gasteiger partial charge >= 0.3 is 5.97 Å². The molecule has 0 bridgehead atoms. The maximum atomic E-state index is 11.1. The van der Waals surface area contributed by atoms with Gasteiger partial charge in [-0.2, -0.15) is 0 Å². The minimum atomic E-state index is -0.429. The van der Waals surface area contributed by atoms with E-state index in [1.54, 1.807) is 0 Å². The molecule has 1 aliphatic heterocycles. The van der Waals surface area contributed by atoms with Crippen molar-refractivity contribution in [2.45, 2.75) is 5.92 Å². The van der Waals surface area contributed by atoms with E-state index in [2.05, 4.69) is 0 Å². The number of benzene rings is 1. The van der Waals surface area contributed by atoms with Crippen LogP contribution in [-0.4, -0.2) is 17.7 Å². The summed E-state index contributed by atoms with van der Waals surface area (Å²) in [7, 11) is 0. The van der Waals surface area contributed by atoms with Gasteiger partial charge in [-0.1, -0.05) is 30.3 Å². The molecule has 1 N–H and O–H groups in total. The predicted octanol–water partition coefficient (Wildman–Crippen LogP) is 1.77. The van der Waals surface area contributed by atoms with Crippen LogP contribution in [0.2, 0.25) is 0 Å². The van der Waals surface area contributed by atoms with Crippen molar-refractivity contribution < 1.29 is 14.6 Å². The number of cyclic esters (lactones) is 1. The average Bonchev–Trinajstić information content (AvgIpc) is 2.61. The lowest BCUT2D eigenvalue weighted by molar-refractivity contribution is -0.135. The Kier molecular flexibility index (Phi) is 2.23. The minimum Gasteiger partial charge on any atom is -0.515 e. The van der Waals surface area contributed by atoms with E-state index in [-0.39, 0.29) is 5.92 Å². The SMILES string of the molecule is O=C1OC[C@@H](c2ccccc2)/C1=C/O. The maximum Gasteiger partial charge on any atom is 0.337 e. The molecular formula is C11H10O3. The first-order chi connectivity index (χ1) is 6.83. The molecule has 0 amide bonds. The second-order valence-electron chi connectivity index (χ2n) is 3.15. The number of carbonyl (C=O) groups is 1. The summed E-state index contributed by atoms with van der Waals surface area (Å²) in [6.45, 7) is 0.315. The first-order valence-corrected chi connectivity index (χ1v) is 4.39. The third kappa shape index (κ3) is 1.37. The van der Waals surface area contributed by atoms with Gasteiger partial charge in [-0.3, -0.25) is 0 Å². The Labute approximate surface area is 81.6 Å². The Morgan fingerprint density at radius 2 is 2.07 bits per heavy atom. The number of hydrogen-bond donors (Lipinski definition) is 1. The van der Waals surface area contributed by atoms with E-state index in [1.165, 1.54) is 0 Å². The normalized spacial score (nSPS) is 23.9. The topological polar surface area (TPSA) is 46.5 Å². The smallest absolute Gasteiger partial charge is 0.337 e. The first-order valence-electron chi connectivity index (χ1n) is 4.39. The lowest BCUT2D eigenvalue weighted by Gasteiger charge is -2.06. The van der Waals surface area contributed by atoms with Crippen molar-refractivity contribution in [2.75, 3.05) is 6.61 Å². The molecule has 72 valence electrons. The summed E-state index contributed by atoms with van der Waals surface area (Å²) in [5.74, 6) is -0.560. The minimum absolute atomic E-state index is 0.131. The van der Waals surface area contributed by atoms with Gasteiger partial charge in [-0.05, 0) is 5.56 Å². The Morgan fingerprint density at radius 3 is 2.71 bits per heavy atom. The fourth-order valence-electron chi connectivity index (χ4n) is 1.58. The molecule has 0 saturated carbocycles. The summed E-state index contributed by atoms with van der Waals surface area (Å²) in [6, 6.07) is 9.52. The first kappa shape index (κ1) is 8.81. The van der Waals surface area contributed by atoms with Gasteiger partial charge < -0.3 is 9.84 Å². The van der Waals surface area contributed by atoms with Crippen LogP contribution in [0.15, 0.2) is 42.2 Å². The van der Waals surface area contributed by atoms with Gasteiger partial charge in [-0.15, -0.1) is 0 Å². The molecule has 3 nitrogen and oxygen atoms in total. The Balaban J connectivity index is 2.33. The van der Waals surface area contributed by atoms with E-state index >= 15 is 0 Å². The summed E-state index contributed by atoms with van der Waals surface area (Å²) >= 11 is 0. The zero-order valence-corrected chi connectivity index (χ0v) is 7.51. The van der Waals surface area contributed by atoms with Crippen molar-refractivity contribution in [1.82, 2.24) is 0 Å². The van der Waals surface area contributed by atoms with E-state index in [0.29, 0.717) is 12.2 Å². The Hall–Kier alpha value is -1.77. The van der Waals surface area contributed by atoms with Crippen LogP contribution in [0.3, 0.4) is 0 Å². The molecule has 14 heavy (non-hydrogen) atoms. The van der Waals surface area contributed by atoms with Crippen LogP contribution < -0.4 is 0 Å². The molecule has 1 atom stereocenters. The highest BCUT2D eigenvalue weighted by atomic mass is 16.5. The van der Waals surface area contributed by atoms with Gasteiger partial charge in [-0.25, -0.2) is 4.79 Å². The summed E-state index contributed by atoms with van der Waals surface area (Å²) in [4.78, 5) is 11.1. The quantitative estimate of drug-likeness (QED) is 0.417. The van der Waals surface area contributed by atoms with Crippen molar-refractivity contribution in [1.29, 1.82) is 0 Å². The summed E-state index contributed by atoms with van der Waals surface area (Å²) < 4.78 is 4.86. The van der Waals surface area contributed by atoms with E-state index < -0.39 is 5.97 Å². The summed E-state index contributed by atoms with van der Waals surface area (Å²) in [5.41, 5.74) is 1.31. The van der Waals surface area contributed by atoms with Crippen molar-refractivity contribution in [3.8, 4) is 0 Å². The predicted molar refractivity (Wildman–Crippen MR) is 50.9 cm³/mol. The highest BCUT2D eigenvalue weighted by Crippen LogP contribution is 2.30. The molecule has 0 unspecified atom stereocenters. The van der Waals surface area contributed by atoms with E-state index in [9.17, 15) is 4.79 Å². The standard InChI is InChI=1S/C11H10O3/c12-6-9-10(7-14-11(9)13)8-4-2-1-3-5-8/h1-6,10,12H,7H2/b9-6-/t10-/m0/s1. The number of esters is 1. The highest BCUT2D eigenvalue weighted by molar-refractivity contribution is 5.92. The molecule has 0 aromatic heterocycles. The molecule has 1 fully saturated rings. The van der Waals surface area contributed by atoms with Gasteiger partial charge in [0.15, 0.2) is 0 Å². The third-order valence-electron chi connectivity index (χ3n) is 2.33. The molecular weight excluding hydrogens is 180 g/mol. The summed E-state index contributed by atoms with van der Waals surface area (Å²) in [6.07, 6.45) is 0.840. The van der Waals surface area contributed by atoms with Crippen LogP contribution in [0.1, 0.15) is 11.5 Å². The molecule has 0 aliphatic carbocycles. The lowest BCUT2D eigenvalue weighted by atomic mass is 9.95. The lowest BCUT2D eigenvalue weighted by Crippen LogP contribution is -2.01. The Morgan fingerprint density at radius 1 is 1.36 bits per heavy atom. The molecule has 2 rings (SSSR count). The van der Waals surface area contributed by atoms with Gasteiger partial charge in [0, 0.05) is 0 Å². The van der Waals surface area contributed by atoms with Crippen LogP contribution in [0, 0.1) is 0 Å². The van der Waals surface area contributed by atoms with Crippen LogP contribution >= 0.6 is 0 Å². The van der Waals surface area contributed by atoms with E-state index in [0.717, 1.165) is 11.8 Å². The number of carbonyl (C=O) groups excluding carboxylic acids is 1. The van der Waals surface area contributed by atoms with E-state index in [1.807, 2.05) is 30.3 Å². The monoisotopic (exact) mass is 190 g/mol. The molecule has 0 spiro atoms. The zero-order chi connectivity index (χ0) is 9.97. The van der Waals surface area contributed by atoms with Crippen LogP contribution in [0.5, 0.6) is 0 Å². The third-order valence-corrected chi connectivity index (χ3v) is 2.33. The molecule has 1 aliphatic rings. The number of aliphatic hydroxyl groups excluding tert-OH is 1. The molecule has 1 aromatic carbocycles. The van der Waals surface area contributed by atoms with Gasteiger partial charge in [0.25, 0.3) is 0 Å². The zero-order valence-electron chi connectivity index (χ0n) is 7.51. The fraction of sp³-hybridized carbons (Fsp3) is 0.182. The second-order valence-corrected chi connectivity index (χ2v) is 3.15. The van der Waals surface area contributed by atoms with Gasteiger partial charge in [0.2, 0.25) is 0 Å². The average molecular weight is 190 g/mol. The van der Waals surface area contributed by atoms with Crippen molar-refractivity contribution >= 4 is 5.97 Å². The van der Waals surface area contributed by atoms with Gasteiger partial charge in [0.1, 0.15) is 6.61 Å². The molecule has 0 radical (unpaired) electrons. The Bertz CT molecular complexity index is 367. The number of aliphatic hydroxyl groups is 1. The van der Waals surface area contributed by atoms with Crippen LogP contribution in [0.25, 0.3) is 0 Å². The van der Waals surface area contributed by atoms with Crippen LogP contribution in [0.4, 0.5) is 0 Å². The number of ether oxygens (including phenoxy) is 1. The molecule has 1 aromatic rings. The number of hydrogen-bond acceptors (Lipinski definition) is 3. The highest BCUT2D eigenvalue weighted by Gasteiger charge is 2.31. The van der Waals surface area contributed by atoms with Crippen molar-refractivity contribution in [3.05, 3.63) is 47.7 Å². The molecule has 1 saturated heterocycles. The maximum absolute atomic E-state index is 11.1. The van der Waals surface area contributed by atoms with Crippen LogP contribution in [-0.2, 0) is 9.53 Å². The largest absolute Gasteiger partial charge is 0.515 e. The summed E-state index contributed by atoms with van der Waals surface area (Å²) in [5, 5.41) is 8.91. The number of rotatable bonds is 1. The van der Waals surface area contributed by atoms with Gasteiger partial charge in [0.05, 0.1) is 17.8 Å². The van der Waals surface area contributed by atoms with E-state index in [4.69, 9.17) is 9.84 Å². The second kappa shape index (κ2) is 3.54. The molecule has 1 heterocycles. The van der Waals surface area contributed by atoms with Crippen molar-refractivity contribution in [3.63, 3.8) is 0 Å². The fourth-order valence-corrected chi connectivity index (χ4v) is 1.58. The van der Waals surface area contributed by atoms with Crippen molar-refractivity contribution in [2.24, 2.45) is 0 Å².